The summed E-state index contributed by atoms with van der Waals surface area (Å²) in [5.74, 6) is 0.766. The predicted octanol–water partition coefficient (Wildman–Crippen LogP) is 1.06. The highest BCUT2D eigenvalue weighted by atomic mass is 16.5. The van der Waals surface area contributed by atoms with Crippen molar-refractivity contribution in [2.75, 3.05) is 19.7 Å². The van der Waals surface area contributed by atoms with Gasteiger partial charge in [-0.05, 0) is 37.3 Å². The molecule has 1 amide bonds. The molecule has 21 heavy (non-hydrogen) atoms. The molecule has 112 valence electrons. The van der Waals surface area contributed by atoms with E-state index in [0.717, 1.165) is 32.0 Å². The van der Waals surface area contributed by atoms with Crippen LogP contribution in [0.2, 0.25) is 0 Å². The molecule has 4 rings (SSSR count). The fraction of sp³-hybridized carbons (Fsp3) is 0.625. The van der Waals surface area contributed by atoms with Gasteiger partial charge in [0.25, 0.3) is 5.91 Å². The molecule has 1 aromatic heterocycles. The Bertz CT molecular complexity index is 518. The standard InChI is InChI=1S/C16H21N3O2/c20-16(12-2-1-5-17-7-12)18-13-6-14-10-21-15(11-3-4-11)9-19(14)8-13/h1-2,5,7,11,13-15H,3-4,6,8-10H2,(H,18,20)/t13-,14-,15-/m0/s1. The van der Waals surface area contributed by atoms with Gasteiger partial charge in [0.2, 0.25) is 0 Å². The molecule has 0 spiro atoms. The topological polar surface area (TPSA) is 54.5 Å². The highest BCUT2D eigenvalue weighted by Crippen LogP contribution is 2.37. The van der Waals surface area contributed by atoms with Crippen LogP contribution in [0.1, 0.15) is 29.6 Å². The third kappa shape index (κ3) is 2.80. The maximum atomic E-state index is 12.2. The van der Waals surface area contributed by atoms with Crippen LogP contribution in [0.3, 0.4) is 0 Å². The van der Waals surface area contributed by atoms with Gasteiger partial charge in [0.05, 0.1) is 18.3 Å². The van der Waals surface area contributed by atoms with Gasteiger partial charge in [0.15, 0.2) is 0 Å². The summed E-state index contributed by atoms with van der Waals surface area (Å²) in [6.45, 7) is 2.80. The number of amides is 1. The number of hydrogen-bond acceptors (Lipinski definition) is 4. The number of nitrogens with one attached hydrogen (secondary N) is 1. The second-order valence-electron chi connectivity index (χ2n) is 6.46. The van der Waals surface area contributed by atoms with Crippen LogP contribution < -0.4 is 5.32 Å². The summed E-state index contributed by atoms with van der Waals surface area (Å²) in [5, 5.41) is 3.14. The van der Waals surface area contributed by atoms with Gasteiger partial charge in [0.1, 0.15) is 0 Å². The fourth-order valence-electron chi connectivity index (χ4n) is 3.52. The normalized spacial score (nSPS) is 32.7. The Morgan fingerprint density at radius 1 is 1.38 bits per heavy atom. The van der Waals surface area contributed by atoms with Gasteiger partial charge in [0, 0.05) is 37.6 Å². The maximum Gasteiger partial charge on any atom is 0.253 e. The molecule has 1 saturated carbocycles. The summed E-state index contributed by atoms with van der Waals surface area (Å²) in [4.78, 5) is 18.7. The van der Waals surface area contributed by atoms with E-state index in [4.69, 9.17) is 4.74 Å². The van der Waals surface area contributed by atoms with E-state index in [1.165, 1.54) is 12.8 Å². The highest BCUT2D eigenvalue weighted by Gasteiger charge is 2.42. The van der Waals surface area contributed by atoms with Crippen molar-refractivity contribution < 1.29 is 9.53 Å². The predicted molar refractivity (Wildman–Crippen MR) is 77.9 cm³/mol. The average molecular weight is 287 g/mol. The van der Waals surface area contributed by atoms with Crippen molar-refractivity contribution in [1.82, 2.24) is 15.2 Å². The van der Waals surface area contributed by atoms with Crippen LogP contribution in [0.5, 0.6) is 0 Å². The van der Waals surface area contributed by atoms with Crippen molar-refractivity contribution in [2.24, 2.45) is 5.92 Å². The van der Waals surface area contributed by atoms with Crippen LogP contribution in [-0.4, -0.2) is 53.7 Å². The first-order valence-electron chi connectivity index (χ1n) is 7.86. The minimum Gasteiger partial charge on any atom is -0.375 e. The fourth-order valence-corrected chi connectivity index (χ4v) is 3.52. The molecule has 2 aliphatic heterocycles. The van der Waals surface area contributed by atoms with Gasteiger partial charge < -0.3 is 10.1 Å². The van der Waals surface area contributed by atoms with E-state index in [2.05, 4.69) is 15.2 Å². The molecule has 5 nitrogen and oxygen atoms in total. The monoisotopic (exact) mass is 287 g/mol. The molecule has 2 saturated heterocycles. The summed E-state index contributed by atoms with van der Waals surface area (Å²) >= 11 is 0. The van der Waals surface area contributed by atoms with Crippen LogP contribution in [0.25, 0.3) is 0 Å². The molecule has 3 fully saturated rings. The first kappa shape index (κ1) is 13.2. The number of nitrogens with zero attached hydrogens (tertiary/aromatic N) is 2. The van der Waals surface area contributed by atoms with Gasteiger partial charge in [-0.25, -0.2) is 0 Å². The second-order valence-corrected chi connectivity index (χ2v) is 6.46. The third-order valence-corrected chi connectivity index (χ3v) is 4.85. The molecule has 3 atom stereocenters. The molecule has 0 radical (unpaired) electrons. The van der Waals surface area contributed by atoms with E-state index in [1.807, 2.05) is 0 Å². The van der Waals surface area contributed by atoms with Crippen LogP contribution in [0.15, 0.2) is 24.5 Å². The van der Waals surface area contributed by atoms with Crippen molar-refractivity contribution in [1.29, 1.82) is 0 Å². The summed E-state index contributed by atoms with van der Waals surface area (Å²) in [5.41, 5.74) is 0.634. The number of morpholine rings is 1. The molecule has 0 bridgehead atoms. The molecule has 1 N–H and O–H groups in total. The number of carbonyl (C=O) groups excluding carboxylic acids is 1. The Labute approximate surface area is 124 Å². The SMILES string of the molecule is O=C(N[C@H]1C[C@H]2CO[C@H](C3CC3)CN2C1)c1cccnc1. The Morgan fingerprint density at radius 3 is 3.05 bits per heavy atom. The average Bonchev–Trinajstić information content (AvgIpc) is 3.28. The number of aromatic nitrogens is 1. The van der Waals surface area contributed by atoms with Crippen LogP contribution >= 0.6 is 0 Å². The second kappa shape index (κ2) is 5.39. The minimum atomic E-state index is -0.0207. The van der Waals surface area contributed by atoms with Crippen LogP contribution in [0.4, 0.5) is 0 Å². The van der Waals surface area contributed by atoms with Gasteiger partial charge in [-0.2, -0.15) is 0 Å². The molecule has 1 aliphatic carbocycles. The van der Waals surface area contributed by atoms with Gasteiger partial charge in [-0.15, -0.1) is 0 Å². The van der Waals surface area contributed by atoms with E-state index in [1.54, 1.807) is 24.5 Å². The van der Waals surface area contributed by atoms with Crippen molar-refractivity contribution >= 4 is 5.91 Å². The smallest absolute Gasteiger partial charge is 0.253 e. The number of ether oxygens (including phenoxy) is 1. The molecule has 5 heteroatoms. The van der Waals surface area contributed by atoms with Crippen molar-refractivity contribution in [3.8, 4) is 0 Å². The Balaban J connectivity index is 1.35. The zero-order valence-electron chi connectivity index (χ0n) is 12.1. The maximum absolute atomic E-state index is 12.2. The Kier molecular flexibility index (Phi) is 3.39. The highest BCUT2D eigenvalue weighted by molar-refractivity contribution is 5.94. The number of carbonyl (C=O) groups is 1. The number of pyridine rings is 1. The number of rotatable bonds is 3. The minimum absolute atomic E-state index is 0.0207. The lowest BCUT2D eigenvalue weighted by Crippen LogP contribution is -2.47. The van der Waals surface area contributed by atoms with E-state index in [0.29, 0.717) is 17.7 Å². The molecule has 3 aliphatic rings. The van der Waals surface area contributed by atoms with Gasteiger partial charge in [-0.3, -0.25) is 14.7 Å². The molecule has 0 unspecified atom stereocenters. The summed E-state index contributed by atoms with van der Waals surface area (Å²) in [6, 6.07) is 4.29. The Morgan fingerprint density at radius 2 is 2.29 bits per heavy atom. The zero-order chi connectivity index (χ0) is 14.2. The first-order valence-corrected chi connectivity index (χ1v) is 7.86. The molecule has 0 aromatic carbocycles. The van der Waals surface area contributed by atoms with Crippen molar-refractivity contribution in [3.05, 3.63) is 30.1 Å². The summed E-state index contributed by atoms with van der Waals surface area (Å²) < 4.78 is 5.99. The van der Waals surface area contributed by atoms with Gasteiger partial charge >= 0.3 is 0 Å². The lowest BCUT2D eigenvalue weighted by atomic mass is 10.1. The van der Waals surface area contributed by atoms with Crippen molar-refractivity contribution in [2.45, 2.75) is 37.5 Å². The molecule has 1 aromatic rings. The summed E-state index contributed by atoms with van der Waals surface area (Å²) in [7, 11) is 0. The van der Waals surface area contributed by atoms with E-state index < -0.39 is 0 Å². The largest absolute Gasteiger partial charge is 0.375 e. The van der Waals surface area contributed by atoms with Crippen LogP contribution in [0, 0.1) is 5.92 Å². The van der Waals surface area contributed by atoms with Crippen molar-refractivity contribution in [3.63, 3.8) is 0 Å². The Hall–Kier alpha value is -1.46. The van der Waals surface area contributed by atoms with E-state index >= 15 is 0 Å². The molecular formula is C16H21N3O2. The first-order chi connectivity index (χ1) is 10.3. The summed E-state index contributed by atoms with van der Waals surface area (Å²) in [6.07, 6.45) is 7.36. The number of fused-ring (bicyclic) bond motifs is 1. The number of hydrogen-bond donors (Lipinski definition) is 1. The zero-order valence-corrected chi connectivity index (χ0v) is 12.1. The quantitative estimate of drug-likeness (QED) is 0.903. The van der Waals surface area contributed by atoms with Crippen LogP contribution in [-0.2, 0) is 4.74 Å². The van der Waals surface area contributed by atoms with E-state index in [9.17, 15) is 4.79 Å². The third-order valence-electron chi connectivity index (χ3n) is 4.85. The van der Waals surface area contributed by atoms with E-state index in [-0.39, 0.29) is 11.9 Å². The van der Waals surface area contributed by atoms with Gasteiger partial charge in [-0.1, -0.05) is 0 Å². The molecular weight excluding hydrogens is 266 g/mol. The lowest BCUT2D eigenvalue weighted by Gasteiger charge is -2.35. The lowest BCUT2D eigenvalue weighted by molar-refractivity contribution is -0.0581. The molecule has 3 heterocycles.